The number of aromatic amines is 1. The average Bonchev–Trinajstić information content (AvgIpc) is 3.23. The Bertz CT molecular complexity index is 1360. The topological polar surface area (TPSA) is 89.3 Å². The first-order valence-corrected chi connectivity index (χ1v) is 12.4. The molecule has 184 valence electrons. The zero-order chi connectivity index (χ0) is 24.7. The van der Waals surface area contributed by atoms with E-state index in [1.165, 1.54) is 5.56 Å². The molecule has 7 nitrogen and oxygen atoms in total. The smallest absolute Gasteiger partial charge is 0.171 e. The van der Waals surface area contributed by atoms with Gasteiger partial charge in [-0.15, -0.1) is 0 Å². The van der Waals surface area contributed by atoms with Gasteiger partial charge in [-0.2, -0.15) is 0 Å². The lowest BCUT2D eigenvalue weighted by molar-refractivity contribution is 0.105. The number of benzene rings is 1. The number of anilines is 1. The predicted molar refractivity (Wildman–Crippen MR) is 142 cm³/mol. The number of piperidine rings is 1. The molecule has 3 aromatic heterocycles. The molecule has 0 bridgehead atoms. The SMILES string of the molecule is CCN1CCC(Oc2c(N)ncc3[nH]c4ncc(-c5ccc(C(C)(C)C)c(OC)c5)cc4c23)CC1. The van der Waals surface area contributed by atoms with E-state index >= 15 is 0 Å². The van der Waals surface area contributed by atoms with Gasteiger partial charge in [0.2, 0.25) is 0 Å². The quantitative estimate of drug-likeness (QED) is 0.396. The van der Waals surface area contributed by atoms with Crippen molar-refractivity contribution in [3.05, 3.63) is 42.2 Å². The van der Waals surface area contributed by atoms with Crippen LogP contribution in [0.3, 0.4) is 0 Å². The molecule has 0 atom stereocenters. The number of pyridine rings is 2. The fourth-order valence-electron chi connectivity index (χ4n) is 5.03. The molecule has 1 aromatic carbocycles. The van der Waals surface area contributed by atoms with Gasteiger partial charge >= 0.3 is 0 Å². The lowest BCUT2D eigenvalue weighted by Gasteiger charge is -2.31. The Morgan fingerprint density at radius 1 is 1.09 bits per heavy atom. The molecule has 0 radical (unpaired) electrons. The maximum Gasteiger partial charge on any atom is 0.171 e. The molecule has 4 aromatic rings. The number of nitrogens with one attached hydrogen (secondary N) is 1. The number of rotatable bonds is 5. The molecule has 1 aliphatic rings. The Kier molecular flexibility index (Phi) is 6.05. The van der Waals surface area contributed by atoms with E-state index in [4.69, 9.17) is 20.2 Å². The summed E-state index contributed by atoms with van der Waals surface area (Å²) in [5, 5.41) is 1.92. The fourth-order valence-corrected chi connectivity index (χ4v) is 5.03. The summed E-state index contributed by atoms with van der Waals surface area (Å²) in [6, 6.07) is 8.52. The van der Waals surface area contributed by atoms with Crippen LogP contribution in [-0.4, -0.2) is 52.7 Å². The minimum atomic E-state index is -0.00698. The number of hydrogen-bond donors (Lipinski definition) is 2. The van der Waals surface area contributed by atoms with E-state index in [9.17, 15) is 0 Å². The maximum absolute atomic E-state index is 6.51. The highest BCUT2D eigenvalue weighted by atomic mass is 16.5. The first-order valence-electron chi connectivity index (χ1n) is 12.4. The summed E-state index contributed by atoms with van der Waals surface area (Å²) in [6.07, 6.45) is 5.74. The molecule has 0 saturated carbocycles. The number of likely N-dealkylation sites (tertiary alicyclic amines) is 1. The minimum Gasteiger partial charge on any atom is -0.496 e. The highest BCUT2D eigenvalue weighted by Gasteiger charge is 2.24. The molecular weight excluding hydrogens is 438 g/mol. The Morgan fingerprint density at radius 3 is 2.54 bits per heavy atom. The van der Waals surface area contributed by atoms with Gasteiger partial charge in [0.05, 0.1) is 24.2 Å². The molecule has 0 spiro atoms. The van der Waals surface area contributed by atoms with Gasteiger partial charge in [0.25, 0.3) is 0 Å². The summed E-state index contributed by atoms with van der Waals surface area (Å²) in [7, 11) is 1.72. The standard InChI is InChI=1S/C28H35N5O2/c1-6-33-11-9-19(10-12-33)35-25-24-20-13-18(15-31-27(20)32-22(24)16-30-26(25)29)17-7-8-21(28(2,3)4)23(14-17)34-5/h7-8,13-16,19H,6,9-12H2,1-5H3,(H2,29,30)(H,31,32). The van der Waals surface area contributed by atoms with Crippen molar-refractivity contribution in [1.82, 2.24) is 19.9 Å². The summed E-state index contributed by atoms with van der Waals surface area (Å²) in [6.45, 7) is 11.9. The zero-order valence-electron chi connectivity index (χ0n) is 21.3. The summed E-state index contributed by atoms with van der Waals surface area (Å²) in [5.41, 5.74) is 11.2. The van der Waals surface area contributed by atoms with Crippen LogP contribution in [0.5, 0.6) is 11.5 Å². The third-order valence-electron chi connectivity index (χ3n) is 7.08. The summed E-state index contributed by atoms with van der Waals surface area (Å²) < 4.78 is 12.2. The monoisotopic (exact) mass is 473 g/mol. The van der Waals surface area contributed by atoms with Crippen molar-refractivity contribution >= 4 is 27.8 Å². The van der Waals surface area contributed by atoms with Crippen LogP contribution in [-0.2, 0) is 5.41 Å². The number of methoxy groups -OCH3 is 1. The molecule has 0 aliphatic carbocycles. The molecule has 7 heteroatoms. The van der Waals surface area contributed by atoms with Gasteiger partial charge in [-0.05, 0) is 48.1 Å². The number of nitrogens with two attached hydrogens (primary N) is 1. The van der Waals surface area contributed by atoms with Crippen LogP contribution in [0.15, 0.2) is 36.7 Å². The first kappa shape index (κ1) is 23.4. The second-order valence-electron chi connectivity index (χ2n) is 10.4. The van der Waals surface area contributed by atoms with Crippen LogP contribution < -0.4 is 15.2 Å². The second kappa shape index (κ2) is 9.04. The van der Waals surface area contributed by atoms with Crippen molar-refractivity contribution in [1.29, 1.82) is 0 Å². The zero-order valence-corrected chi connectivity index (χ0v) is 21.3. The molecule has 5 rings (SSSR count). The summed E-state index contributed by atoms with van der Waals surface area (Å²) in [4.78, 5) is 15.0. The predicted octanol–water partition coefficient (Wildman–Crippen LogP) is 5.53. The van der Waals surface area contributed by atoms with Gasteiger partial charge in [-0.1, -0.05) is 39.8 Å². The van der Waals surface area contributed by atoms with Crippen molar-refractivity contribution in [2.24, 2.45) is 0 Å². The van der Waals surface area contributed by atoms with E-state index in [1.807, 2.05) is 6.20 Å². The third-order valence-corrected chi connectivity index (χ3v) is 7.08. The van der Waals surface area contributed by atoms with Crippen LogP contribution >= 0.6 is 0 Å². The van der Waals surface area contributed by atoms with Gasteiger partial charge in [0.15, 0.2) is 11.6 Å². The Balaban J connectivity index is 1.57. The molecule has 4 heterocycles. The molecule has 1 saturated heterocycles. The first-order chi connectivity index (χ1) is 16.8. The van der Waals surface area contributed by atoms with E-state index in [-0.39, 0.29) is 11.5 Å². The third kappa shape index (κ3) is 4.41. The maximum atomic E-state index is 6.51. The van der Waals surface area contributed by atoms with E-state index in [0.29, 0.717) is 11.6 Å². The van der Waals surface area contributed by atoms with Crippen LogP contribution in [0.1, 0.15) is 46.1 Å². The van der Waals surface area contributed by atoms with E-state index < -0.39 is 0 Å². The summed E-state index contributed by atoms with van der Waals surface area (Å²) in [5.74, 6) is 1.95. The Labute approximate surface area is 206 Å². The van der Waals surface area contributed by atoms with Crippen LogP contribution in [0.2, 0.25) is 0 Å². The lowest BCUT2D eigenvalue weighted by Crippen LogP contribution is -2.38. The van der Waals surface area contributed by atoms with Gasteiger partial charge < -0.3 is 25.1 Å². The molecule has 0 unspecified atom stereocenters. The number of nitrogens with zero attached hydrogens (tertiary/aromatic N) is 3. The fraction of sp³-hybridized carbons (Fsp3) is 0.429. The second-order valence-corrected chi connectivity index (χ2v) is 10.4. The van der Waals surface area contributed by atoms with E-state index in [1.54, 1.807) is 13.3 Å². The lowest BCUT2D eigenvalue weighted by atomic mass is 9.85. The number of nitrogen functional groups attached to an aromatic ring is 1. The largest absolute Gasteiger partial charge is 0.496 e. The minimum absolute atomic E-state index is 0.00698. The van der Waals surface area contributed by atoms with Crippen LogP contribution in [0.25, 0.3) is 33.1 Å². The van der Waals surface area contributed by atoms with Crippen molar-refractivity contribution in [2.75, 3.05) is 32.5 Å². The number of fused-ring (bicyclic) bond motifs is 3. The number of ether oxygens (including phenoxy) is 2. The molecule has 1 fully saturated rings. The van der Waals surface area contributed by atoms with E-state index in [2.05, 4.69) is 66.8 Å². The van der Waals surface area contributed by atoms with Crippen molar-refractivity contribution in [2.45, 2.75) is 52.1 Å². The summed E-state index contributed by atoms with van der Waals surface area (Å²) >= 11 is 0. The normalized spacial score (nSPS) is 15.7. The molecular formula is C28H35N5O2. The van der Waals surface area contributed by atoms with E-state index in [0.717, 1.165) is 71.3 Å². The van der Waals surface area contributed by atoms with Crippen LogP contribution in [0.4, 0.5) is 5.82 Å². The average molecular weight is 474 g/mol. The van der Waals surface area contributed by atoms with Gasteiger partial charge in [-0.3, -0.25) is 0 Å². The van der Waals surface area contributed by atoms with Gasteiger partial charge in [0.1, 0.15) is 17.5 Å². The molecule has 0 amide bonds. The Hall–Kier alpha value is -3.32. The Morgan fingerprint density at radius 2 is 1.86 bits per heavy atom. The van der Waals surface area contributed by atoms with Crippen molar-refractivity contribution in [3.8, 4) is 22.6 Å². The van der Waals surface area contributed by atoms with Gasteiger partial charge in [-0.25, -0.2) is 9.97 Å². The van der Waals surface area contributed by atoms with Gasteiger partial charge in [0, 0.05) is 30.2 Å². The van der Waals surface area contributed by atoms with Crippen molar-refractivity contribution in [3.63, 3.8) is 0 Å². The van der Waals surface area contributed by atoms with Crippen molar-refractivity contribution < 1.29 is 9.47 Å². The highest BCUT2D eigenvalue weighted by molar-refractivity contribution is 6.11. The number of H-pyrrole nitrogens is 1. The number of aromatic nitrogens is 3. The molecule has 3 N–H and O–H groups in total. The molecule has 1 aliphatic heterocycles. The molecule has 35 heavy (non-hydrogen) atoms. The highest BCUT2D eigenvalue weighted by Crippen LogP contribution is 2.39. The van der Waals surface area contributed by atoms with Crippen LogP contribution in [0, 0.1) is 0 Å². The number of hydrogen-bond acceptors (Lipinski definition) is 6.